The van der Waals surface area contributed by atoms with Gasteiger partial charge in [0.1, 0.15) is 23.7 Å². The van der Waals surface area contributed by atoms with Crippen LogP contribution in [0.25, 0.3) is 11.0 Å². The molecule has 1 atom stereocenters. The van der Waals surface area contributed by atoms with Crippen molar-refractivity contribution in [3.8, 4) is 5.75 Å². The van der Waals surface area contributed by atoms with Gasteiger partial charge in [-0.3, -0.25) is 9.59 Å². The van der Waals surface area contributed by atoms with Gasteiger partial charge in [-0.25, -0.2) is 0 Å². The van der Waals surface area contributed by atoms with E-state index in [1.54, 1.807) is 0 Å². The number of ether oxygens (including phenoxy) is 2. The third kappa shape index (κ3) is 7.22. The second-order valence-corrected chi connectivity index (χ2v) is 10.9. The van der Waals surface area contributed by atoms with Crippen LogP contribution in [0.15, 0.2) is 40.8 Å². The van der Waals surface area contributed by atoms with Crippen LogP contribution >= 0.6 is 45.2 Å². The molecule has 2 aromatic carbocycles. The molecule has 0 aliphatic heterocycles. The number of hydrogen-bond acceptors (Lipinski definition) is 6. The molecule has 6 nitrogen and oxygen atoms in total. The first-order valence-corrected chi connectivity index (χ1v) is 14.5. The number of likely N-dealkylation sites (N-methyl/N-ethyl adjacent to an activating group) is 1. The van der Waals surface area contributed by atoms with Gasteiger partial charge < -0.3 is 18.8 Å². The summed E-state index contributed by atoms with van der Waals surface area (Å²) < 4.78 is 19.3. The number of para-hydroxylation sites is 1. The number of nitrogens with zero attached hydrogens (tertiary/aromatic N) is 1. The van der Waals surface area contributed by atoms with E-state index in [1.165, 1.54) is 0 Å². The summed E-state index contributed by atoms with van der Waals surface area (Å²) in [4.78, 5) is 28.4. The van der Waals surface area contributed by atoms with Gasteiger partial charge in [-0.2, -0.15) is 0 Å². The summed E-state index contributed by atoms with van der Waals surface area (Å²) in [6.07, 6.45) is 1.07. The molecule has 0 saturated heterocycles. The summed E-state index contributed by atoms with van der Waals surface area (Å²) in [5.74, 6) is 0.881. The van der Waals surface area contributed by atoms with Crippen LogP contribution in [-0.4, -0.2) is 49.0 Å². The van der Waals surface area contributed by atoms with Crippen molar-refractivity contribution in [2.24, 2.45) is 0 Å². The number of furan rings is 1. The van der Waals surface area contributed by atoms with Crippen molar-refractivity contribution < 1.29 is 23.5 Å². The Morgan fingerprint density at radius 3 is 2.36 bits per heavy atom. The molecule has 0 bridgehead atoms. The molecule has 0 N–H and O–H groups in total. The van der Waals surface area contributed by atoms with E-state index in [0.717, 1.165) is 44.3 Å². The van der Waals surface area contributed by atoms with Crippen LogP contribution in [0.3, 0.4) is 0 Å². The number of rotatable bonds is 13. The van der Waals surface area contributed by atoms with E-state index in [0.29, 0.717) is 35.5 Å². The molecule has 0 spiro atoms. The van der Waals surface area contributed by atoms with Gasteiger partial charge in [0.2, 0.25) is 0 Å². The van der Waals surface area contributed by atoms with Gasteiger partial charge in [-0.1, -0.05) is 39.0 Å². The van der Waals surface area contributed by atoms with E-state index in [1.807, 2.05) is 50.2 Å². The minimum atomic E-state index is -0.293. The van der Waals surface area contributed by atoms with E-state index >= 15 is 0 Å². The molecule has 0 aliphatic rings. The topological polar surface area (TPSA) is 69.0 Å². The fourth-order valence-electron chi connectivity index (χ4n) is 3.89. The standard InChI is InChI=1S/C28H33I2NO5/c1-5-18(4)35-25(32)13-12-24-26(20-10-8-9-11-23(20)36-24)27(33)19-16-21(29)28(22(30)17-19)34-15-14-31(6-2)7-3/h8-11,16-18H,5-7,12-15H2,1-4H3. The first-order valence-electron chi connectivity index (χ1n) is 12.4. The Labute approximate surface area is 240 Å². The van der Waals surface area contributed by atoms with E-state index < -0.39 is 0 Å². The molecule has 0 amide bonds. The summed E-state index contributed by atoms with van der Waals surface area (Å²) >= 11 is 4.45. The Kier molecular flexibility index (Phi) is 11.0. The number of aryl methyl sites for hydroxylation is 1. The number of ketones is 1. The van der Waals surface area contributed by atoms with Crippen LogP contribution in [0, 0.1) is 7.14 Å². The van der Waals surface area contributed by atoms with Crippen LogP contribution in [-0.2, 0) is 16.0 Å². The smallest absolute Gasteiger partial charge is 0.306 e. The van der Waals surface area contributed by atoms with Crippen LogP contribution < -0.4 is 4.74 Å². The van der Waals surface area contributed by atoms with Crippen LogP contribution in [0.5, 0.6) is 5.75 Å². The lowest BCUT2D eigenvalue weighted by atomic mass is 9.98. The monoisotopic (exact) mass is 717 g/mol. The number of carbonyl (C=O) groups excluding carboxylic acids is 2. The highest BCUT2D eigenvalue weighted by Crippen LogP contribution is 2.33. The second kappa shape index (κ2) is 13.8. The third-order valence-electron chi connectivity index (χ3n) is 6.17. The number of halogens is 2. The number of benzene rings is 2. The highest BCUT2D eigenvalue weighted by atomic mass is 127. The minimum Gasteiger partial charge on any atom is -0.490 e. The van der Waals surface area contributed by atoms with Crippen molar-refractivity contribution in [2.45, 2.75) is 53.1 Å². The highest BCUT2D eigenvalue weighted by Gasteiger charge is 2.24. The molecule has 1 heterocycles. The van der Waals surface area contributed by atoms with Crippen molar-refractivity contribution in [3.63, 3.8) is 0 Å². The maximum atomic E-state index is 13.8. The third-order valence-corrected chi connectivity index (χ3v) is 7.77. The van der Waals surface area contributed by atoms with Gasteiger partial charge in [0.15, 0.2) is 5.78 Å². The predicted molar refractivity (Wildman–Crippen MR) is 159 cm³/mol. The Bertz CT molecular complexity index is 1180. The normalized spacial score (nSPS) is 12.2. The average Bonchev–Trinajstić information content (AvgIpc) is 3.24. The van der Waals surface area contributed by atoms with Gasteiger partial charge >= 0.3 is 5.97 Å². The van der Waals surface area contributed by atoms with Gasteiger partial charge in [-0.15, -0.1) is 0 Å². The zero-order valence-electron chi connectivity index (χ0n) is 21.2. The Morgan fingerprint density at radius 1 is 1.06 bits per heavy atom. The average molecular weight is 717 g/mol. The van der Waals surface area contributed by atoms with Crippen LogP contribution in [0.2, 0.25) is 0 Å². The Morgan fingerprint density at radius 2 is 1.72 bits per heavy atom. The molecule has 1 aromatic heterocycles. The fourth-order valence-corrected chi connectivity index (χ4v) is 5.97. The van der Waals surface area contributed by atoms with E-state index in [2.05, 4.69) is 63.9 Å². The predicted octanol–water partition coefficient (Wildman–Crippen LogP) is 6.87. The molecule has 0 radical (unpaired) electrons. The summed E-state index contributed by atoms with van der Waals surface area (Å²) in [6, 6.07) is 11.2. The van der Waals surface area contributed by atoms with E-state index in [-0.39, 0.29) is 24.3 Å². The molecule has 194 valence electrons. The molecule has 1 unspecified atom stereocenters. The number of hydrogen-bond donors (Lipinski definition) is 0. The Balaban J connectivity index is 1.85. The summed E-state index contributed by atoms with van der Waals surface area (Å²) in [5.41, 5.74) is 1.70. The minimum absolute atomic E-state index is 0.129. The molecular formula is C28H33I2NO5. The van der Waals surface area contributed by atoms with Gasteiger partial charge in [-0.05, 0) is 89.8 Å². The van der Waals surface area contributed by atoms with Crippen LogP contribution in [0.1, 0.15) is 62.2 Å². The Hall–Kier alpha value is -1.66. The quantitative estimate of drug-likeness (QED) is 0.109. The second-order valence-electron chi connectivity index (χ2n) is 8.58. The van der Waals surface area contributed by atoms with Crippen molar-refractivity contribution in [2.75, 3.05) is 26.2 Å². The number of fused-ring (bicyclic) bond motifs is 1. The zero-order valence-corrected chi connectivity index (χ0v) is 25.6. The van der Waals surface area contributed by atoms with Gasteiger partial charge in [0, 0.05) is 23.9 Å². The largest absolute Gasteiger partial charge is 0.490 e. The van der Waals surface area contributed by atoms with Crippen molar-refractivity contribution in [1.82, 2.24) is 4.90 Å². The lowest BCUT2D eigenvalue weighted by Crippen LogP contribution is -2.28. The summed E-state index contributed by atoms with van der Waals surface area (Å²) in [7, 11) is 0. The molecule has 0 aliphatic carbocycles. The van der Waals surface area contributed by atoms with Crippen molar-refractivity contribution in [3.05, 3.63) is 60.4 Å². The molecule has 3 aromatic rings. The lowest BCUT2D eigenvalue weighted by Gasteiger charge is -2.19. The molecule has 0 saturated carbocycles. The first-order chi connectivity index (χ1) is 17.3. The molecule has 36 heavy (non-hydrogen) atoms. The van der Waals surface area contributed by atoms with E-state index in [4.69, 9.17) is 13.9 Å². The maximum Gasteiger partial charge on any atom is 0.306 e. The fraction of sp³-hybridized carbons (Fsp3) is 0.429. The van der Waals surface area contributed by atoms with Gasteiger partial charge in [0.25, 0.3) is 0 Å². The highest BCUT2D eigenvalue weighted by molar-refractivity contribution is 14.1. The maximum absolute atomic E-state index is 13.8. The van der Waals surface area contributed by atoms with Crippen molar-refractivity contribution >= 4 is 67.9 Å². The van der Waals surface area contributed by atoms with Crippen LogP contribution in [0.4, 0.5) is 0 Å². The molecule has 8 heteroatoms. The molecule has 3 rings (SSSR count). The number of carbonyl (C=O) groups is 2. The van der Waals surface area contributed by atoms with Gasteiger partial charge in [0.05, 0.1) is 25.2 Å². The van der Waals surface area contributed by atoms with Crippen molar-refractivity contribution in [1.29, 1.82) is 0 Å². The summed E-state index contributed by atoms with van der Waals surface area (Å²) in [6.45, 7) is 11.5. The van der Waals surface area contributed by atoms with E-state index in [9.17, 15) is 9.59 Å². The number of esters is 1. The SMILES string of the molecule is CCC(C)OC(=O)CCc1oc2ccccc2c1C(=O)c1cc(I)c(OCCN(CC)CC)c(I)c1. The first kappa shape index (κ1) is 28.9. The summed E-state index contributed by atoms with van der Waals surface area (Å²) in [5, 5.41) is 0.748. The lowest BCUT2D eigenvalue weighted by molar-refractivity contribution is -0.148. The molecular weight excluding hydrogens is 684 g/mol. The zero-order chi connectivity index (χ0) is 26.2. The molecule has 0 fully saturated rings.